The Morgan fingerprint density at radius 2 is 1.78 bits per heavy atom. The summed E-state index contributed by atoms with van der Waals surface area (Å²) in [5, 5.41) is 0. The minimum absolute atomic E-state index is 0.990. The van der Waals surface area contributed by atoms with E-state index in [1.54, 1.807) is 0 Å². The zero-order chi connectivity index (χ0) is 6.53. The Bertz CT molecular complexity index is 153. The smallest absolute Gasteiger partial charge is 0.0279 e. The number of hydrogen-bond donors (Lipinski definition) is 0. The van der Waals surface area contributed by atoms with E-state index in [2.05, 4.69) is 31.2 Å². The monoisotopic (exact) mass is 119 g/mol. The number of hydrogen-bond acceptors (Lipinski definition) is 0. The van der Waals surface area contributed by atoms with Gasteiger partial charge in [0, 0.05) is 0 Å². The molecule has 9 heavy (non-hydrogen) atoms. The summed E-state index contributed by atoms with van der Waals surface area (Å²) < 4.78 is 0. The normalized spacial score (nSPS) is 9.44. The van der Waals surface area contributed by atoms with E-state index < -0.39 is 0 Å². The summed E-state index contributed by atoms with van der Waals surface area (Å²) in [6.07, 6.45) is 2.09. The fourth-order valence-electron chi connectivity index (χ4n) is 0.849. The number of rotatable bonds is 2. The van der Waals surface area contributed by atoms with E-state index in [0.717, 1.165) is 12.8 Å². The third-order valence-electron chi connectivity index (χ3n) is 1.31. The van der Waals surface area contributed by atoms with Crippen LogP contribution in [0.5, 0.6) is 0 Å². The molecule has 0 heterocycles. The first-order valence-electron chi connectivity index (χ1n) is 3.26. The summed E-state index contributed by atoms with van der Waals surface area (Å²) in [5.74, 6) is 0. The van der Waals surface area contributed by atoms with Crippen molar-refractivity contribution in [2.45, 2.75) is 12.8 Å². The molecule has 1 aromatic rings. The van der Waals surface area contributed by atoms with Gasteiger partial charge in [0.15, 0.2) is 0 Å². The maximum Gasteiger partial charge on any atom is -0.0279 e. The summed E-state index contributed by atoms with van der Waals surface area (Å²) >= 11 is 0. The zero-order valence-electron chi connectivity index (χ0n) is 5.51. The molecular formula is C9H11. The van der Waals surface area contributed by atoms with E-state index in [1.165, 1.54) is 5.56 Å². The van der Waals surface area contributed by atoms with Gasteiger partial charge in [0.05, 0.1) is 0 Å². The van der Waals surface area contributed by atoms with Gasteiger partial charge >= 0.3 is 0 Å². The molecule has 0 N–H and O–H groups in total. The summed E-state index contributed by atoms with van der Waals surface area (Å²) in [6, 6.07) is 10.4. The van der Waals surface area contributed by atoms with Crippen molar-refractivity contribution in [1.82, 2.24) is 0 Å². The highest BCUT2D eigenvalue weighted by Gasteiger charge is 1.84. The van der Waals surface area contributed by atoms with Gasteiger partial charge in [-0.1, -0.05) is 37.3 Å². The van der Waals surface area contributed by atoms with Gasteiger partial charge in [0.25, 0.3) is 0 Å². The van der Waals surface area contributed by atoms with E-state index in [1.807, 2.05) is 6.07 Å². The van der Waals surface area contributed by atoms with Crippen LogP contribution in [0.4, 0.5) is 0 Å². The molecule has 0 aliphatic rings. The van der Waals surface area contributed by atoms with Gasteiger partial charge in [-0.05, 0) is 18.4 Å². The first-order chi connectivity index (χ1) is 4.43. The maximum atomic E-state index is 3.78. The van der Waals surface area contributed by atoms with Crippen LogP contribution in [0.1, 0.15) is 12.0 Å². The molecular weight excluding hydrogens is 108 g/mol. The summed E-state index contributed by atoms with van der Waals surface area (Å²) in [6.45, 7) is 3.78. The third kappa shape index (κ3) is 1.88. The summed E-state index contributed by atoms with van der Waals surface area (Å²) in [7, 11) is 0. The molecule has 0 saturated heterocycles. The van der Waals surface area contributed by atoms with Gasteiger partial charge in [-0.3, -0.25) is 0 Å². The van der Waals surface area contributed by atoms with Crippen LogP contribution < -0.4 is 0 Å². The van der Waals surface area contributed by atoms with Crippen molar-refractivity contribution in [3.63, 3.8) is 0 Å². The lowest BCUT2D eigenvalue weighted by Gasteiger charge is -1.93. The van der Waals surface area contributed by atoms with Gasteiger partial charge < -0.3 is 0 Å². The fraction of sp³-hybridized carbons (Fsp3) is 0.222. The van der Waals surface area contributed by atoms with Crippen molar-refractivity contribution in [3.05, 3.63) is 42.8 Å². The highest BCUT2D eigenvalue weighted by Crippen LogP contribution is 2.00. The molecule has 0 bridgehead atoms. The maximum absolute atomic E-state index is 3.78. The standard InChI is InChI=1S/C9H11/c1-2-6-9-7-4-3-5-8-9/h3-5,7-8H,1-2,6H2. The van der Waals surface area contributed by atoms with Crippen LogP contribution in [0.2, 0.25) is 0 Å². The van der Waals surface area contributed by atoms with Gasteiger partial charge in [-0.15, -0.1) is 0 Å². The lowest BCUT2D eigenvalue weighted by atomic mass is 10.1. The van der Waals surface area contributed by atoms with Crippen molar-refractivity contribution in [1.29, 1.82) is 0 Å². The predicted molar refractivity (Wildman–Crippen MR) is 40.1 cm³/mol. The first kappa shape index (κ1) is 6.34. The zero-order valence-corrected chi connectivity index (χ0v) is 5.51. The molecule has 1 radical (unpaired) electrons. The topological polar surface area (TPSA) is 0 Å². The van der Waals surface area contributed by atoms with Crippen LogP contribution in [-0.2, 0) is 6.42 Å². The molecule has 0 saturated carbocycles. The fourth-order valence-corrected chi connectivity index (χ4v) is 0.849. The van der Waals surface area contributed by atoms with Crippen molar-refractivity contribution in [2.75, 3.05) is 0 Å². The molecule has 0 atom stereocenters. The van der Waals surface area contributed by atoms with E-state index in [-0.39, 0.29) is 0 Å². The molecule has 0 aliphatic heterocycles. The summed E-state index contributed by atoms with van der Waals surface area (Å²) in [5.41, 5.74) is 1.38. The molecule has 0 spiro atoms. The van der Waals surface area contributed by atoms with Crippen molar-refractivity contribution in [2.24, 2.45) is 0 Å². The lowest BCUT2D eigenvalue weighted by Crippen LogP contribution is -1.79. The lowest BCUT2D eigenvalue weighted by molar-refractivity contribution is 1.000. The molecule has 1 rings (SSSR count). The molecule has 1 aromatic carbocycles. The Kier molecular flexibility index (Phi) is 2.32. The van der Waals surface area contributed by atoms with E-state index in [4.69, 9.17) is 0 Å². The Balaban J connectivity index is 2.61. The number of aryl methyl sites for hydroxylation is 1. The van der Waals surface area contributed by atoms with Crippen molar-refractivity contribution < 1.29 is 0 Å². The largest absolute Gasteiger partial charge is 0.0622 e. The highest BCUT2D eigenvalue weighted by atomic mass is 13.9. The van der Waals surface area contributed by atoms with Gasteiger partial charge in [0.2, 0.25) is 0 Å². The highest BCUT2D eigenvalue weighted by molar-refractivity contribution is 5.14. The van der Waals surface area contributed by atoms with Crippen LogP contribution in [0.25, 0.3) is 0 Å². The van der Waals surface area contributed by atoms with Crippen LogP contribution in [-0.4, -0.2) is 0 Å². The molecule has 0 aromatic heterocycles. The van der Waals surface area contributed by atoms with Crippen molar-refractivity contribution >= 4 is 0 Å². The molecule has 0 heteroatoms. The third-order valence-corrected chi connectivity index (χ3v) is 1.31. The number of benzene rings is 1. The minimum Gasteiger partial charge on any atom is -0.0622 e. The second-order valence-electron chi connectivity index (χ2n) is 2.09. The predicted octanol–water partition coefficient (Wildman–Crippen LogP) is 2.45. The summed E-state index contributed by atoms with van der Waals surface area (Å²) in [4.78, 5) is 0. The Morgan fingerprint density at radius 1 is 1.11 bits per heavy atom. The van der Waals surface area contributed by atoms with Crippen LogP contribution in [0.3, 0.4) is 0 Å². The molecule has 0 nitrogen and oxygen atoms in total. The SMILES string of the molecule is [CH2]CCc1ccccc1. The molecule has 0 amide bonds. The second kappa shape index (κ2) is 3.29. The van der Waals surface area contributed by atoms with Gasteiger partial charge in [0.1, 0.15) is 0 Å². The Morgan fingerprint density at radius 3 is 2.33 bits per heavy atom. The first-order valence-corrected chi connectivity index (χ1v) is 3.26. The Hall–Kier alpha value is -0.780. The van der Waals surface area contributed by atoms with Gasteiger partial charge in [-0.2, -0.15) is 0 Å². The second-order valence-corrected chi connectivity index (χ2v) is 2.09. The van der Waals surface area contributed by atoms with Gasteiger partial charge in [-0.25, -0.2) is 0 Å². The van der Waals surface area contributed by atoms with Crippen LogP contribution in [0.15, 0.2) is 30.3 Å². The molecule has 0 unspecified atom stereocenters. The van der Waals surface area contributed by atoms with E-state index in [9.17, 15) is 0 Å². The average Bonchev–Trinajstić information content (AvgIpc) is 1.91. The molecule has 47 valence electrons. The Labute approximate surface area is 56.5 Å². The quantitative estimate of drug-likeness (QED) is 0.561. The minimum atomic E-state index is 0.990. The van der Waals surface area contributed by atoms with E-state index in [0.29, 0.717) is 0 Å². The molecule has 0 aliphatic carbocycles. The van der Waals surface area contributed by atoms with E-state index >= 15 is 0 Å². The van der Waals surface area contributed by atoms with Crippen LogP contribution >= 0.6 is 0 Å². The molecule has 0 fully saturated rings. The van der Waals surface area contributed by atoms with Crippen LogP contribution in [0, 0.1) is 6.92 Å². The average molecular weight is 119 g/mol. The van der Waals surface area contributed by atoms with Crippen molar-refractivity contribution in [3.8, 4) is 0 Å².